The maximum atomic E-state index is 11.8. The predicted octanol–water partition coefficient (Wildman–Crippen LogP) is 2.55. The Balaban J connectivity index is 4.19. The number of allylic oxidation sites excluding steroid dienone is 3. The van der Waals surface area contributed by atoms with Gasteiger partial charge >= 0.3 is 12.1 Å². The van der Waals surface area contributed by atoms with Crippen LogP contribution in [0.1, 0.15) is 34.1 Å². The molecule has 1 atom stereocenters. The molecule has 0 amide bonds. The molecule has 0 saturated heterocycles. The van der Waals surface area contributed by atoms with E-state index in [1.165, 1.54) is 0 Å². The summed E-state index contributed by atoms with van der Waals surface area (Å²) in [4.78, 5) is 22.9. The largest absolute Gasteiger partial charge is 0.511 e. The van der Waals surface area contributed by atoms with Crippen LogP contribution in [0, 0.1) is 0 Å². The minimum Gasteiger partial charge on any atom is -0.431 e. The molecule has 120 valence electrons. The first-order valence-corrected chi connectivity index (χ1v) is 6.86. The summed E-state index contributed by atoms with van der Waals surface area (Å²) < 4.78 is 14.3. The summed E-state index contributed by atoms with van der Waals surface area (Å²) in [6.07, 6.45) is 5.10. The molecule has 1 N–H and O–H groups in total. The Labute approximate surface area is 126 Å². The van der Waals surface area contributed by atoms with Crippen molar-refractivity contribution < 1.29 is 23.8 Å². The highest BCUT2D eigenvalue weighted by molar-refractivity contribution is 5.76. The van der Waals surface area contributed by atoms with Gasteiger partial charge in [-0.05, 0) is 41.2 Å². The smallest absolute Gasteiger partial charge is 0.431 e. The van der Waals surface area contributed by atoms with Crippen LogP contribution in [0.5, 0.6) is 0 Å². The van der Waals surface area contributed by atoms with Crippen LogP contribution in [0.2, 0.25) is 0 Å². The van der Waals surface area contributed by atoms with Crippen molar-refractivity contribution in [1.29, 1.82) is 0 Å². The van der Waals surface area contributed by atoms with E-state index in [1.807, 2.05) is 32.1 Å². The summed E-state index contributed by atoms with van der Waals surface area (Å²) in [7, 11) is 1.67. The highest BCUT2D eigenvalue weighted by Gasteiger charge is 2.19. The van der Waals surface area contributed by atoms with Crippen LogP contribution in [0.15, 0.2) is 23.8 Å². The normalized spacial score (nSPS) is 13.3. The van der Waals surface area contributed by atoms with Gasteiger partial charge in [0.1, 0.15) is 6.04 Å². The Hall–Kier alpha value is -1.82. The van der Waals surface area contributed by atoms with E-state index in [0.29, 0.717) is 6.42 Å². The molecule has 21 heavy (non-hydrogen) atoms. The van der Waals surface area contributed by atoms with Gasteiger partial charge in [0.05, 0.1) is 6.10 Å². The first-order chi connectivity index (χ1) is 9.90. The summed E-state index contributed by atoms with van der Waals surface area (Å²) in [5.74, 6) is -0.483. The number of esters is 1. The first-order valence-electron chi connectivity index (χ1n) is 6.86. The van der Waals surface area contributed by atoms with Crippen molar-refractivity contribution in [3.05, 3.63) is 23.8 Å². The van der Waals surface area contributed by atoms with E-state index in [1.54, 1.807) is 20.9 Å². The number of hydrogen-bond acceptors (Lipinski definition) is 6. The number of ether oxygens (including phenoxy) is 3. The standard InChI is InChI=1S/C15H25NO5/c1-6-7-8-12(4)9-13(16-5)14(17)19-10-20-15(18)21-11(2)3/h6-8,11,13,16H,9-10H2,1-5H3/b7-6-,12-8+/t13-/m0/s1. The van der Waals surface area contributed by atoms with Gasteiger partial charge < -0.3 is 19.5 Å². The van der Waals surface area contributed by atoms with Gasteiger partial charge in [0, 0.05) is 0 Å². The lowest BCUT2D eigenvalue weighted by Gasteiger charge is -2.15. The lowest BCUT2D eigenvalue weighted by atomic mass is 10.1. The van der Waals surface area contributed by atoms with E-state index in [4.69, 9.17) is 9.47 Å². The van der Waals surface area contributed by atoms with Gasteiger partial charge in [-0.2, -0.15) is 0 Å². The molecule has 0 unspecified atom stereocenters. The molecule has 0 aliphatic rings. The average Bonchev–Trinajstić information content (AvgIpc) is 2.41. The molecule has 0 aromatic rings. The monoisotopic (exact) mass is 299 g/mol. The number of rotatable bonds is 8. The molecule has 0 aliphatic carbocycles. The lowest BCUT2D eigenvalue weighted by Crippen LogP contribution is -2.36. The second-order valence-corrected chi connectivity index (χ2v) is 4.73. The summed E-state index contributed by atoms with van der Waals surface area (Å²) in [5, 5.41) is 2.87. The minimum absolute atomic E-state index is 0.280. The van der Waals surface area contributed by atoms with Gasteiger partial charge in [0.2, 0.25) is 6.79 Å². The van der Waals surface area contributed by atoms with Crippen LogP contribution in [0.4, 0.5) is 4.79 Å². The second-order valence-electron chi connectivity index (χ2n) is 4.73. The molecule has 0 spiro atoms. The SMILES string of the molecule is C/C=C\C=C(/C)C[C@H](NC)C(=O)OCOC(=O)OC(C)C. The number of carbonyl (C=O) groups excluding carboxylic acids is 2. The maximum Gasteiger partial charge on any atom is 0.511 e. The zero-order valence-electron chi connectivity index (χ0n) is 13.3. The third-order valence-electron chi connectivity index (χ3n) is 2.44. The number of hydrogen-bond donors (Lipinski definition) is 1. The zero-order valence-corrected chi connectivity index (χ0v) is 13.3. The molecule has 6 nitrogen and oxygen atoms in total. The number of carbonyl (C=O) groups is 2. The Bertz CT molecular complexity index is 388. The molecule has 0 heterocycles. The van der Waals surface area contributed by atoms with E-state index in [0.717, 1.165) is 5.57 Å². The molecule has 0 aromatic heterocycles. The Kier molecular flexibility index (Phi) is 9.96. The highest BCUT2D eigenvalue weighted by atomic mass is 16.8. The first kappa shape index (κ1) is 19.2. The fourth-order valence-electron chi connectivity index (χ4n) is 1.42. The summed E-state index contributed by atoms with van der Waals surface area (Å²) >= 11 is 0. The molecule has 0 aromatic carbocycles. The Morgan fingerprint density at radius 3 is 2.43 bits per heavy atom. The van der Waals surface area contributed by atoms with E-state index < -0.39 is 25.0 Å². The van der Waals surface area contributed by atoms with Crippen molar-refractivity contribution in [3.8, 4) is 0 Å². The predicted molar refractivity (Wildman–Crippen MR) is 79.7 cm³/mol. The number of nitrogens with one attached hydrogen (secondary N) is 1. The summed E-state index contributed by atoms with van der Waals surface area (Å²) in [5.41, 5.74) is 1.03. The van der Waals surface area contributed by atoms with Gasteiger partial charge in [0.25, 0.3) is 0 Å². The third kappa shape index (κ3) is 9.67. The van der Waals surface area contributed by atoms with Gasteiger partial charge in [-0.15, -0.1) is 0 Å². The molecule has 0 rings (SSSR count). The van der Waals surface area contributed by atoms with Crippen LogP contribution in [0.3, 0.4) is 0 Å². The summed E-state index contributed by atoms with van der Waals surface area (Å²) in [6, 6.07) is -0.490. The van der Waals surface area contributed by atoms with Crippen molar-refractivity contribution in [2.75, 3.05) is 13.8 Å². The van der Waals surface area contributed by atoms with Crippen molar-refractivity contribution in [2.24, 2.45) is 0 Å². The molecule has 0 bridgehead atoms. The average molecular weight is 299 g/mol. The van der Waals surface area contributed by atoms with Crippen LogP contribution in [-0.4, -0.2) is 38.1 Å². The van der Waals surface area contributed by atoms with Crippen molar-refractivity contribution in [1.82, 2.24) is 5.32 Å². The fraction of sp³-hybridized carbons (Fsp3) is 0.600. The van der Waals surface area contributed by atoms with E-state index in [2.05, 4.69) is 10.1 Å². The third-order valence-corrected chi connectivity index (χ3v) is 2.44. The maximum absolute atomic E-state index is 11.8. The highest BCUT2D eigenvalue weighted by Crippen LogP contribution is 2.07. The number of likely N-dealkylation sites (N-methyl/N-ethyl adjacent to an activating group) is 1. The van der Waals surface area contributed by atoms with E-state index >= 15 is 0 Å². The van der Waals surface area contributed by atoms with Crippen LogP contribution in [0.25, 0.3) is 0 Å². The topological polar surface area (TPSA) is 73.9 Å². The molecule has 6 heteroatoms. The molecular formula is C15H25NO5. The van der Waals surface area contributed by atoms with E-state index in [-0.39, 0.29) is 6.10 Å². The van der Waals surface area contributed by atoms with Crippen LogP contribution in [-0.2, 0) is 19.0 Å². The Morgan fingerprint density at radius 1 is 1.24 bits per heavy atom. The van der Waals surface area contributed by atoms with Gasteiger partial charge in [-0.1, -0.05) is 23.8 Å². The minimum atomic E-state index is -0.858. The molecule has 0 aliphatic heterocycles. The molecule has 0 saturated carbocycles. The second kappa shape index (κ2) is 10.9. The fourth-order valence-corrected chi connectivity index (χ4v) is 1.42. The van der Waals surface area contributed by atoms with Crippen molar-refractivity contribution in [2.45, 2.75) is 46.3 Å². The van der Waals surface area contributed by atoms with Crippen LogP contribution >= 0.6 is 0 Å². The molecule has 0 radical (unpaired) electrons. The molecular weight excluding hydrogens is 274 g/mol. The van der Waals surface area contributed by atoms with Crippen LogP contribution < -0.4 is 5.32 Å². The quantitative estimate of drug-likeness (QED) is 0.422. The summed E-state index contributed by atoms with van der Waals surface area (Å²) in [6.45, 7) is 6.78. The van der Waals surface area contributed by atoms with Gasteiger partial charge in [0.15, 0.2) is 0 Å². The van der Waals surface area contributed by atoms with Crippen molar-refractivity contribution >= 4 is 12.1 Å². The molecule has 0 fully saturated rings. The van der Waals surface area contributed by atoms with E-state index in [9.17, 15) is 9.59 Å². The Morgan fingerprint density at radius 2 is 1.90 bits per heavy atom. The van der Waals surface area contributed by atoms with Gasteiger partial charge in [-0.25, -0.2) is 4.79 Å². The van der Waals surface area contributed by atoms with Gasteiger partial charge in [-0.3, -0.25) is 4.79 Å². The lowest BCUT2D eigenvalue weighted by molar-refractivity contribution is -0.156. The van der Waals surface area contributed by atoms with Crippen molar-refractivity contribution in [3.63, 3.8) is 0 Å². The zero-order chi connectivity index (χ0) is 16.3.